The van der Waals surface area contributed by atoms with Crippen LogP contribution in [0.1, 0.15) is 21.1 Å². The smallest absolute Gasteiger partial charge is 0.387 e. The van der Waals surface area contributed by atoms with Crippen molar-refractivity contribution in [3.8, 4) is 5.75 Å². The summed E-state index contributed by atoms with van der Waals surface area (Å²) >= 11 is 1.70. The van der Waals surface area contributed by atoms with Gasteiger partial charge in [0.1, 0.15) is 5.75 Å². The van der Waals surface area contributed by atoms with Crippen LogP contribution in [-0.2, 0) is 13.0 Å². The first-order chi connectivity index (χ1) is 12.0. The van der Waals surface area contributed by atoms with Gasteiger partial charge in [-0.2, -0.15) is 8.78 Å². The molecule has 0 amide bonds. The van der Waals surface area contributed by atoms with E-state index in [0.29, 0.717) is 19.0 Å². The molecule has 2 rings (SSSR count). The molecule has 1 aromatic heterocycles. The van der Waals surface area contributed by atoms with E-state index in [1.165, 1.54) is 10.9 Å². The van der Waals surface area contributed by atoms with Crippen molar-refractivity contribution in [1.29, 1.82) is 0 Å². The first-order valence-electron chi connectivity index (χ1n) is 7.89. The van der Waals surface area contributed by atoms with Gasteiger partial charge >= 0.3 is 6.61 Å². The Bertz CT molecular complexity index is 699. The molecule has 1 heterocycles. The molecule has 0 unspecified atom stereocenters. The van der Waals surface area contributed by atoms with Crippen molar-refractivity contribution in [2.24, 2.45) is 4.99 Å². The van der Waals surface area contributed by atoms with Crippen LogP contribution in [0.5, 0.6) is 5.75 Å². The molecule has 0 saturated heterocycles. The highest BCUT2D eigenvalue weighted by molar-refractivity contribution is 7.11. The standard InChI is InChI=1S/C17H22F2N4OS/c1-11-12(2)25-15(23-11)7-8-21-17(20-3)22-10-13-5-4-6-14(9-13)24-16(18)19/h4-6,9,16H,7-8,10H2,1-3H3,(H2,20,21,22). The molecule has 136 valence electrons. The van der Waals surface area contributed by atoms with Gasteiger partial charge in [0.15, 0.2) is 5.96 Å². The van der Waals surface area contributed by atoms with Gasteiger partial charge in [-0.15, -0.1) is 11.3 Å². The Labute approximate surface area is 150 Å². The van der Waals surface area contributed by atoms with Crippen molar-refractivity contribution >= 4 is 17.3 Å². The number of guanidine groups is 1. The topological polar surface area (TPSA) is 58.5 Å². The fourth-order valence-electron chi connectivity index (χ4n) is 2.17. The third-order valence-electron chi connectivity index (χ3n) is 3.51. The second-order valence-corrected chi connectivity index (χ2v) is 6.67. The predicted molar refractivity (Wildman–Crippen MR) is 96.6 cm³/mol. The fraction of sp³-hybridized carbons (Fsp3) is 0.412. The molecule has 2 aromatic rings. The summed E-state index contributed by atoms with van der Waals surface area (Å²) < 4.78 is 28.9. The van der Waals surface area contributed by atoms with Crippen molar-refractivity contribution < 1.29 is 13.5 Å². The van der Waals surface area contributed by atoms with Gasteiger partial charge in [0, 0.05) is 31.4 Å². The minimum atomic E-state index is -2.82. The lowest BCUT2D eigenvalue weighted by atomic mass is 10.2. The van der Waals surface area contributed by atoms with Crippen LogP contribution in [0.25, 0.3) is 0 Å². The lowest BCUT2D eigenvalue weighted by Crippen LogP contribution is -2.37. The second-order valence-electron chi connectivity index (χ2n) is 5.38. The molecule has 0 aliphatic rings. The number of aliphatic imine (C=N–C) groups is 1. The van der Waals surface area contributed by atoms with Crippen LogP contribution in [-0.4, -0.2) is 31.1 Å². The summed E-state index contributed by atoms with van der Waals surface area (Å²) in [6.45, 7) is 2.41. The van der Waals surface area contributed by atoms with Gasteiger partial charge in [0.2, 0.25) is 0 Å². The molecule has 0 aliphatic carbocycles. The maximum Gasteiger partial charge on any atom is 0.387 e. The molecular formula is C17H22F2N4OS. The van der Waals surface area contributed by atoms with Gasteiger partial charge in [-0.25, -0.2) is 4.98 Å². The highest BCUT2D eigenvalue weighted by atomic mass is 32.1. The van der Waals surface area contributed by atoms with Crippen LogP contribution >= 0.6 is 11.3 Å². The molecule has 2 N–H and O–H groups in total. The molecule has 0 fully saturated rings. The Balaban J connectivity index is 1.80. The van der Waals surface area contributed by atoms with Crippen LogP contribution in [0.4, 0.5) is 8.78 Å². The number of nitrogens with zero attached hydrogens (tertiary/aromatic N) is 2. The number of aromatic nitrogens is 1. The summed E-state index contributed by atoms with van der Waals surface area (Å²) in [6.07, 6.45) is 0.817. The quantitative estimate of drug-likeness (QED) is 0.582. The third kappa shape index (κ3) is 6.30. The number of ether oxygens (including phenoxy) is 1. The molecule has 0 aliphatic heterocycles. The number of hydrogen-bond acceptors (Lipinski definition) is 4. The van der Waals surface area contributed by atoms with E-state index in [1.54, 1.807) is 30.5 Å². The summed E-state index contributed by atoms with van der Waals surface area (Å²) in [7, 11) is 1.68. The summed E-state index contributed by atoms with van der Waals surface area (Å²) in [6, 6.07) is 6.59. The molecule has 0 spiro atoms. The molecule has 1 aromatic carbocycles. The minimum absolute atomic E-state index is 0.145. The summed E-state index contributed by atoms with van der Waals surface area (Å²) in [5, 5.41) is 7.46. The molecule has 0 saturated carbocycles. The molecular weight excluding hydrogens is 346 g/mol. The number of benzene rings is 1. The van der Waals surface area contributed by atoms with Crippen molar-refractivity contribution in [3.05, 3.63) is 45.4 Å². The van der Waals surface area contributed by atoms with Gasteiger partial charge < -0.3 is 15.4 Å². The normalized spacial score (nSPS) is 11.7. The summed E-state index contributed by atoms with van der Waals surface area (Å²) in [4.78, 5) is 9.90. The number of aryl methyl sites for hydroxylation is 2. The van der Waals surface area contributed by atoms with Crippen LogP contribution in [0.15, 0.2) is 29.3 Å². The predicted octanol–water partition coefficient (Wildman–Crippen LogP) is 3.27. The Kier molecular flexibility index (Phi) is 7.12. The highest BCUT2D eigenvalue weighted by Crippen LogP contribution is 2.17. The van der Waals surface area contributed by atoms with E-state index in [0.717, 1.165) is 22.7 Å². The zero-order valence-corrected chi connectivity index (χ0v) is 15.3. The lowest BCUT2D eigenvalue weighted by Gasteiger charge is -2.12. The maximum absolute atomic E-state index is 12.3. The molecule has 0 radical (unpaired) electrons. The van der Waals surface area contributed by atoms with Crippen LogP contribution in [0, 0.1) is 13.8 Å². The van der Waals surface area contributed by atoms with Gasteiger partial charge in [-0.1, -0.05) is 12.1 Å². The van der Waals surface area contributed by atoms with Gasteiger partial charge in [-0.3, -0.25) is 4.99 Å². The molecule has 25 heavy (non-hydrogen) atoms. The third-order valence-corrected chi connectivity index (χ3v) is 4.64. The summed E-state index contributed by atoms with van der Waals surface area (Å²) in [5.41, 5.74) is 1.90. The van der Waals surface area contributed by atoms with E-state index < -0.39 is 6.61 Å². The van der Waals surface area contributed by atoms with Crippen LogP contribution in [0.2, 0.25) is 0 Å². The zero-order chi connectivity index (χ0) is 18.2. The highest BCUT2D eigenvalue weighted by Gasteiger charge is 2.06. The maximum atomic E-state index is 12.3. The summed E-state index contributed by atoms with van der Waals surface area (Å²) in [5.74, 6) is 0.789. The second kappa shape index (κ2) is 9.31. The van der Waals surface area contributed by atoms with E-state index >= 15 is 0 Å². The van der Waals surface area contributed by atoms with Crippen molar-refractivity contribution in [2.75, 3.05) is 13.6 Å². The van der Waals surface area contributed by atoms with Crippen LogP contribution in [0.3, 0.4) is 0 Å². The van der Waals surface area contributed by atoms with E-state index in [-0.39, 0.29) is 5.75 Å². The van der Waals surface area contributed by atoms with E-state index in [9.17, 15) is 8.78 Å². The van der Waals surface area contributed by atoms with Crippen molar-refractivity contribution in [1.82, 2.24) is 15.6 Å². The van der Waals surface area contributed by atoms with Crippen molar-refractivity contribution in [3.63, 3.8) is 0 Å². The monoisotopic (exact) mass is 368 g/mol. The number of halogens is 2. The van der Waals surface area contributed by atoms with Crippen LogP contribution < -0.4 is 15.4 Å². The van der Waals surface area contributed by atoms with Gasteiger partial charge in [-0.05, 0) is 31.5 Å². The van der Waals surface area contributed by atoms with Crippen molar-refractivity contribution in [2.45, 2.75) is 33.4 Å². The first-order valence-corrected chi connectivity index (χ1v) is 8.70. The Morgan fingerprint density at radius 3 is 2.76 bits per heavy atom. The first kappa shape index (κ1) is 19.1. The number of alkyl halides is 2. The Morgan fingerprint density at radius 1 is 1.32 bits per heavy atom. The van der Waals surface area contributed by atoms with E-state index in [1.807, 2.05) is 13.0 Å². The molecule has 0 bridgehead atoms. The number of nitrogens with one attached hydrogen (secondary N) is 2. The average molecular weight is 368 g/mol. The zero-order valence-electron chi connectivity index (χ0n) is 14.5. The van der Waals surface area contributed by atoms with E-state index in [4.69, 9.17) is 0 Å². The Hall–Kier alpha value is -2.22. The molecule has 8 heteroatoms. The molecule has 5 nitrogen and oxygen atoms in total. The van der Waals surface area contributed by atoms with Gasteiger partial charge in [0.05, 0.1) is 10.7 Å². The lowest BCUT2D eigenvalue weighted by molar-refractivity contribution is -0.0498. The fourth-order valence-corrected chi connectivity index (χ4v) is 3.11. The van der Waals surface area contributed by atoms with Gasteiger partial charge in [0.25, 0.3) is 0 Å². The van der Waals surface area contributed by atoms with E-state index in [2.05, 4.69) is 32.3 Å². The average Bonchev–Trinajstić information content (AvgIpc) is 2.88. The largest absolute Gasteiger partial charge is 0.435 e. The Morgan fingerprint density at radius 2 is 2.12 bits per heavy atom. The molecule has 0 atom stereocenters. The number of rotatable bonds is 7. The minimum Gasteiger partial charge on any atom is -0.435 e. The number of hydrogen-bond donors (Lipinski definition) is 2. The SMILES string of the molecule is CN=C(NCCc1nc(C)c(C)s1)NCc1cccc(OC(F)F)c1. The number of thiazole rings is 1.